The number of carbonyl (C=O) groups is 4. The van der Waals surface area contributed by atoms with Gasteiger partial charge in [-0.2, -0.15) is 0 Å². The molecule has 0 aromatic heterocycles. The van der Waals surface area contributed by atoms with Crippen molar-refractivity contribution in [2.24, 2.45) is 5.92 Å². The molecule has 9 heteroatoms. The molecule has 4 N–H and O–H groups in total. The molecule has 1 saturated carbocycles. The van der Waals surface area contributed by atoms with Crippen LogP contribution in [0.5, 0.6) is 0 Å². The van der Waals surface area contributed by atoms with Gasteiger partial charge in [0.15, 0.2) is 6.10 Å². The number of carboxylic acids is 1. The maximum atomic E-state index is 13.9. The molecule has 0 radical (unpaired) electrons. The summed E-state index contributed by atoms with van der Waals surface area (Å²) in [5.74, 6) is -2.36. The Morgan fingerprint density at radius 1 is 0.952 bits per heavy atom. The minimum absolute atomic E-state index is 0.222. The van der Waals surface area contributed by atoms with Crippen LogP contribution in [0.25, 0.3) is 0 Å². The van der Waals surface area contributed by atoms with Crippen molar-refractivity contribution in [2.75, 3.05) is 0 Å². The van der Waals surface area contributed by atoms with E-state index in [4.69, 9.17) is 0 Å². The first-order chi connectivity index (χ1) is 20.3. The average Bonchev–Trinajstić information content (AvgIpc) is 3.33. The molecule has 226 valence electrons. The zero-order valence-electron chi connectivity index (χ0n) is 24.3. The summed E-state index contributed by atoms with van der Waals surface area (Å²) in [6.07, 6.45) is 5.78. The lowest BCUT2D eigenvalue weighted by Crippen LogP contribution is -2.57. The van der Waals surface area contributed by atoms with Gasteiger partial charge < -0.3 is 25.7 Å². The molecule has 4 rings (SSSR count). The first kappa shape index (κ1) is 31.2. The number of fused-ring (bicyclic) bond motifs is 1. The lowest BCUT2D eigenvalue weighted by molar-refractivity contribution is -0.149. The first-order valence-electron chi connectivity index (χ1n) is 15.2. The molecule has 2 aromatic carbocycles. The molecule has 4 atom stereocenters. The molecule has 2 aliphatic rings. The molecule has 2 aromatic rings. The largest absolute Gasteiger partial charge is 0.479 e. The van der Waals surface area contributed by atoms with Crippen molar-refractivity contribution in [2.45, 2.75) is 102 Å². The first-order valence-corrected chi connectivity index (χ1v) is 15.2. The summed E-state index contributed by atoms with van der Waals surface area (Å²) in [6.45, 7) is 2.27. The number of nitrogens with one attached hydrogen (secondary N) is 2. The smallest absolute Gasteiger partial charge is 0.334 e. The van der Waals surface area contributed by atoms with E-state index in [1.165, 1.54) is 0 Å². The van der Waals surface area contributed by atoms with Crippen molar-refractivity contribution in [3.05, 3.63) is 71.3 Å². The van der Waals surface area contributed by atoms with Gasteiger partial charge in [0.05, 0.1) is 6.04 Å². The molecule has 42 heavy (non-hydrogen) atoms. The fourth-order valence-corrected chi connectivity index (χ4v) is 6.16. The van der Waals surface area contributed by atoms with Crippen molar-refractivity contribution in [1.82, 2.24) is 15.5 Å². The number of aliphatic hydroxyl groups excluding tert-OH is 1. The van der Waals surface area contributed by atoms with E-state index >= 15 is 0 Å². The standard InChI is InChI=1S/C33H43N3O6/c1-2-3-18-26(30(38)35-27(29(37)33(41)42)19-22-12-6-4-7-13-22)34-31(39)28(20-23-14-8-5-9-15-23)36-21-24-16-10-11-17-25(24)32(36)40/h5,8-11,14-17,22,26-29,37H,2-4,6-7,12-13,18-21H2,1H3,(H,34,39)(H,35,38)(H,41,42). The number of amides is 3. The Bertz CT molecular complexity index is 1230. The number of benzene rings is 2. The van der Waals surface area contributed by atoms with Crippen molar-refractivity contribution >= 4 is 23.7 Å². The van der Waals surface area contributed by atoms with Gasteiger partial charge in [-0.15, -0.1) is 0 Å². The third-order valence-corrected chi connectivity index (χ3v) is 8.55. The van der Waals surface area contributed by atoms with Gasteiger partial charge in [-0.25, -0.2) is 4.79 Å². The van der Waals surface area contributed by atoms with Gasteiger partial charge >= 0.3 is 5.97 Å². The highest BCUT2D eigenvalue weighted by Gasteiger charge is 2.38. The predicted octanol–water partition coefficient (Wildman–Crippen LogP) is 3.83. The lowest BCUT2D eigenvalue weighted by Gasteiger charge is -2.31. The third-order valence-electron chi connectivity index (χ3n) is 8.55. The highest BCUT2D eigenvalue weighted by atomic mass is 16.4. The van der Waals surface area contributed by atoms with Gasteiger partial charge in [-0.1, -0.05) is 100 Å². The second-order valence-corrected chi connectivity index (χ2v) is 11.6. The van der Waals surface area contributed by atoms with Crippen LogP contribution in [-0.4, -0.2) is 63.0 Å². The number of unbranched alkanes of at least 4 members (excludes halogenated alkanes) is 1. The number of hydrogen-bond donors (Lipinski definition) is 4. The number of aliphatic hydroxyl groups is 1. The fourth-order valence-electron chi connectivity index (χ4n) is 6.16. The van der Waals surface area contributed by atoms with Crippen LogP contribution in [-0.2, 0) is 27.3 Å². The van der Waals surface area contributed by atoms with Crippen molar-refractivity contribution < 1.29 is 29.4 Å². The van der Waals surface area contributed by atoms with Gasteiger partial charge in [0.25, 0.3) is 5.91 Å². The summed E-state index contributed by atoms with van der Waals surface area (Å²) in [5, 5.41) is 25.7. The quantitative estimate of drug-likeness (QED) is 0.270. The van der Waals surface area contributed by atoms with Crippen LogP contribution in [0.3, 0.4) is 0 Å². The minimum Gasteiger partial charge on any atom is -0.479 e. The van der Waals surface area contributed by atoms with E-state index < -0.39 is 42.0 Å². The maximum absolute atomic E-state index is 13.9. The Morgan fingerprint density at radius 3 is 2.31 bits per heavy atom. The van der Waals surface area contributed by atoms with E-state index in [-0.39, 0.29) is 18.2 Å². The number of hydrogen-bond acceptors (Lipinski definition) is 5. The van der Waals surface area contributed by atoms with Gasteiger partial charge in [0.1, 0.15) is 12.1 Å². The predicted molar refractivity (Wildman–Crippen MR) is 158 cm³/mol. The summed E-state index contributed by atoms with van der Waals surface area (Å²) < 4.78 is 0. The number of rotatable bonds is 14. The average molecular weight is 578 g/mol. The van der Waals surface area contributed by atoms with Crippen LogP contribution < -0.4 is 10.6 Å². The Morgan fingerprint density at radius 2 is 1.64 bits per heavy atom. The zero-order valence-corrected chi connectivity index (χ0v) is 24.3. The summed E-state index contributed by atoms with van der Waals surface area (Å²) in [4.78, 5) is 54.2. The van der Waals surface area contributed by atoms with Crippen LogP contribution in [0.4, 0.5) is 0 Å². The lowest BCUT2D eigenvalue weighted by atomic mass is 9.83. The van der Waals surface area contributed by atoms with Crippen LogP contribution in [0.15, 0.2) is 54.6 Å². The molecular formula is C33H43N3O6. The summed E-state index contributed by atoms with van der Waals surface area (Å²) in [7, 11) is 0. The van der Waals surface area contributed by atoms with E-state index in [0.29, 0.717) is 31.4 Å². The van der Waals surface area contributed by atoms with Crippen LogP contribution in [0.2, 0.25) is 0 Å². The maximum Gasteiger partial charge on any atom is 0.334 e. The Kier molecular flexibility index (Phi) is 11.1. The summed E-state index contributed by atoms with van der Waals surface area (Å²) in [5.41, 5.74) is 2.30. The van der Waals surface area contributed by atoms with Crippen molar-refractivity contribution in [3.63, 3.8) is 0 Å². The van der Waals surface area contributed by atoms with E-state index in [2.05, 4.69) is 10.6 Å². The molecule has 0 saturated heterocycles. The van der Waals surface area contributed by atoms with Gasteiger partial charge in [0, 0.05) is 18.5 Å². The molecule has 0 bridgehead atoms. The number of aliphatic carboxylic acids is 1. The summed E-state index contributed by atoms with van der Waals surface area (Å²) in [6, 6.07) is 14.0. The second kappa shape index (κ2) is 15.0. The highest BCUT2D eigenvalue weighted by molar-refractivity contribution is 6.01. The van der Waals surface area contributed by atoms with Gasteiger partial charge in [-0.05, 0) is 36.0 Å². The molecule has 1 heterocycles. The summed E-state index contributed by atoms with van der Waals surface area (Å²) >= 11 is 0. The SMILES string of the molecule is CCCCC(NC(=O)C(Cc1ccccc1)N1Cc2ccccc2C1=O)C(=O)NC(CC1CCCCC1)C(O)C(=O)O. The van der Waals surface area contributed by atoms with E-state index in [0.717, 1.165) is 49.7 Å². The van der Waals surface area contributed by atoms with Crippen LogP contribution >= 0.6 is 0 Å². The number of carbonyl (C=O) groups excluding carboxylic acids is 3. The topological polar surface area (TPSA) is 136 Å². The Labute approximate surface area is 247 Å². The van der Waals surface area contributed by atoms with Gasteiger partial charge in [-0.3, -0.25) is 14.4 Å². The molecule has 3 amide bonds. The van der Waals surface area contributed by atoms with Crippen LogP contribution in [0.1, 0.15) is 86.2 Å². The monoisotopic (exact) mass is 577 g/mol. The number of carboxylic acid groups (broad SMARTS) is 1. The molecule has 9 nitrogen and oxygen atoms in total. The second-order valence-electron chi connectivity index (χ2n) is 11.6. The third kappa shape index (κ3) is 7.97. The van der Waals surface area contributed by atoms with Crippen molar-refractivity contribution in [1.29, 1.82) is 0 Å². The van der Waals surface area contributed by atoms with Gasteiger partial charge in [0.2, 0.25) is 11.8 Å². The minimum atomic E-state index is -1.75. The molecular weight excluding hydrogens is 534 g/mol. The normalized spacial score (nSPS) is 18.0. The van der Waals surface area contributed by atoms with E-state index in [9.17, 15) is 29.4 Å². The molecule has 1 aliphatic carbocycles. The highest BCUT2D eigenvalue weighted by Crippen LogP contribution is 2.29. The molecule has 4 unspecified atom stereocenters. The van der Waals surface area contributed by atoms with E-state index in [1.807, 2.05) is 49.4 Å². The zero-order chi connectivity index (χ0) is 30.1. The Hall–Kier alpha value is -3.72. The van der Waals surface area contributed by atoms with Crippen molar-refractivity contribution in [3.8, 4) is 0 Å². The van der Waals surface area contributed by atoms with E-state index in [1.54, 1.807) is 17.0 Å². The fraction of sp³-hybridized carbons (Fsp3) is 0.515. The molecule has 1 fully saturated rings. The Balaban J connectivity index is 1.53. The molecule has 1 aliphatic heterocycles. The molecule has 0 spiro atoms. The number of nitrogens with zero attached hydrogens (tertiary/aromatic N) is 1. The van der Waals surface area contributed by atoms with Crippen LogP contribution in [0, 0.1) is 5.92 Å².